The molecule has 2 N–H and O–H groups in total. The van der Waals surface area contributed by atoms with Crippen LogP contribution in [0.25, 0.3) is 0 Å². The first kappa shape index (κ1) is 16.1. The van der Waals surface area contributed by atoms with Crippen LogP contribution < -0.4 is 15.0 Å². The highest BCUT2D eigenvalue weighted by Gasteiger charge is 2.25. The summed E-state index contributed by atoms with van der Waals surface area (Å²) in [5.41, 5.74) is 1.55. The molecule has 2 rings (SSSR count). The van der Waals surface area contributed by atoms with Gasteiger partial charge in [0, 0.05) is 18.8 Å². The van der Waals surface area contributed by atoms with Crippen LogP contribution in [0, 0.1) is 0 Å². The molecular formula is C16H22N2O4. The van der Waals surface area contributed by atoms with Gasteiger partial charge < -0.3 is 20.1 Å². The molecule has 0 spiro atoms. The van der Waals surface area contributed by atoms with Crippen LogP contribution >= 0.6 is 0 Å². The third-order valence-corrected chi connectivity index (χ3v) is 3.56. The van der Waals surface area contributed by atoms with Gasteiger partial charge in [0.05, 0.1) is 12.1 Å². The van der Waals surface area contributed by atoms with E-state index in [2.05, 4.69) is 12.2 Å². The lowest BCUT2D eigenvalue weighted by molar-refractivity contribution is -0.136. The zero-order chi connectivity index (χ0) is 15.9. The van der Waals surface area contributed by atoms with E-state index in [0.29, 0.717) is 18.8 Å². The van der Waals surface area contributed by atoms with Crippen molar-refractivity contribution in [3.63, 3.8) is 0 Å². The van der Waals surface area contributed by atoms with E-state index in [-0.39, 0.29) is 18.9 Å². The summed E-state index contributed by atoms with van der Waals surface area (Å²) in [7, 11) is 0. The third-order valence-electron chi connectivity index (χ3n) is 3.56. The summed E-state index contributed by atoms with van der Waals surface area (Å²) in [6.45, 7) is 3.23. The predicted molar refractivity (Wildman–Crippen MR) is 84.6 cm³/mol. The number of amides is 1. The highest BCUT2D eigenvalue weighted by molar-refractivity contribution is 5.98. The maximum Gasteiger partial charge on any atom is 0.305 e. The number of hydrogen-bond donors (Lipinski definition) is 2. The van der Waals surface area contributed by atoms with Gasteiger partial charge in [-0.15, -0.1) is 0 Å². The minimum Gasteiger partial charge on any atom is -0.482 e. The monoisotopic (exact) mass is 306 g/mol. The van der Waals surface area contributed by atoms with E-state index in [1.807, 2.05) is 18.2 Å². The molecule has 1 aliphatic heterocycles. The van der Waals surface area contributed by atoms with Crippen molar-refractivity contribution in [1.29, 1.82) is 0 Å². The first-order chi connectivity index (χ1) is 10.6. The summed E-state index contributed by atoms with van der Waals surface area (Å²) in [5.74, 6) is -0.184. The van der Waals surface area contributed by atoms with Crippen LogP contribution in [0.15, 0.2) is 18.2 Å². The van der Waals surface area contributed by atoms with Gasteiger partial charge in [-0.3, -0.25) is 9.59 Å². The second-order valence-electron chi connectivity index (χ2n) is 5.29. The Kier molecular flexibility index (Phi) is 5.63. The number of carboxylic acids is 1. The second-order valence-corrected chi connectivity index (χ2v) is 5.29. The van der Waals surface area contributed by atoms with E-state index in [9.17, 15) is 9.59 Å². The molecule has 0 aromatic heterocycles. The molecule has 0 radical (unpaired) electrons. The molecule has 6 nitrogen and oxygen atoms in total. The largest absolute Gasteiger partial charge is 0.482 e. The maximum absolute atomic E-state index is 12.1. The van der Waals surface area contributed by atoms with Gasteiger partial charge in [0.2, 0.25) is 0 Å². The van der Waals surface area contributed by atoms with Crippen molar-refractivity contribution in [2.75, 3.05) is 29.9 Å². The van der Waals surface area contributed by atoms with Crippen molar-refractivity contribution >= 4 is 23.3 Å². The number of hydrogen-bond acceptors (Lipinski definition) is 4. The minimum atomic E-state index is -0.842. The highest BCUT2D eigenvalue weighted by atomic mass is 16.5. The molecule has 1 heterocycles. The molecule has 1 aromatic carbocycles. The van der Waals surface area contributed by atoms with Crippen molar-refractivity contribution in [2.45, 2.75) is 32.6 Å². The number of carbonyl (C=O) groups is 2. The molecule has 0 saturated heterocycles. The van der Waals surface area contributed by atoms with Crippen molar-refractivity contribution in [2.24, 2.45) is 0 Å². The van der Waals surface area contributed by atoms with Crippen LogP contribution in [0.5, 0.6) is 5.75 Å². The molecule has 22 heavy (non-hydrogen) atoms. The van der Waals surface area contributed by atoms with Crippen LogP contribution in [0.1, 0.15) is 32.6 Å². The average Bonchev–Trinajstić information content (AvgIpc) is 2.49. The number of nitrogens with one attached hydrogen (secondary N) is 1. The van der Waals surface area contributed by atoms with Crippen molar-refractivity contribution in [1.82, 2.24) is 0 Å². The van der Waals surface area contributed by atoms with Crippen molar-refractivity contribution < 1.29 is 19.4 Å². The van der Waals surface area contributed by atoms with Gasteiger partial charge in [-0.25, -0.2) is 0 Å². The van der Waals surface area contributed by atoms with E-state index >= 15 is 0 Å². The summed E-state index contributed by atoms with van der Waals surface area (Å²) in [6.07, 6.45) is 3.18. The first-order valence-corrected chi connectivity index (χ1v) is 7.64. The molecule has 0 fully saturated rings. The van der Waals surface area contributed by atoms with Crippen LogP contribution in [0.3, 0.4) is 0 Å². The number of benzene rings is 1. The van der Waals surface area contributed by atoms with Gasteiger partial charge in [0.25, 0.3) is 5.91 Å². The number of nitrogens with zero attached hydrogens (tertiary/aromatic N) is 1. The van der Waals surface area contributed by atoms with Crippen molar-refractivity contribution in [3.8, 4) is 5.75 Å². The Bertz CT molecular complexity index is 545. The van der Waals surface area contributed by atoms with E-state index in [4.69, 9.17) is 9.84 Å². The highest BCUT2D eigenvalue weighted by Crippen LogP contribution is 2.34. The molecule has 120 valence electrons. The number of anilines is 2. The molecule has 0 atom stereocenters. The molecule has 6 heteroatoms. The maximum atomic E-state index is 12.1. The summed E-state index contributed by atoms with van der Waals surface area (Å²) in [4.78, 5) is 24.4. The first-order valence-electron chi connectivity index (χ1n) is 7.64. The molecule has 1 amide bonds. The predicted octanol–water partition coefficient (Wildman–Crippen LogP) is 2.49. The molecule has 1 aliphatic rings. The van der Waals surface area contributed by atoms with E-state index in [0.717, 1.165) is 30.6 Å². The Hall–Kier alpha value is -2.24. The molecule has 0 aliphatic carbocycles. The molecule has 0 saturated carbocycles. The topological polar surface area (TPSA) is 78.9 Å². The fourth-order valence-electron chi connectivity index (χ4n) is 2.39. The fraction of sp³-hybridized carbons (Fsp3) is 0.500. The summed E-state index contributed by atoms with van der Waals surface area (Å²) >= 11 is 0. The molecular weight excluding hydrogens is 284 g/mol. The SMILES string of the molecule is CCCCCN1C(=O)COc2ccc(NCCC(=O)O)cc21. The van der Waals surface area contributed by atoms with Gasteiger partial charge in [-0.05, 0) is 24.6 Å². The van der Waals surface area contributed by atoms with Crippen molar-refractivity contribution in [3.05, 3.63) is 18.2 Å². The zero-order valence-corrected chi connectivity index (χ0v) is 12.8. The smallest absolute Gasteiger partial charge is 0.305 e. The van der Waals surface area contributed by atoms with Crippen LogP contribution in [-0.2, 0) is 9.59 Å². The molecule has 0 unspecified atom stereocenters. The van der Waals surface area contributed by atoms with Gasteiger partial charge in [-0.2, -0.15) is 0 Å². The van der Waals surface area contributed by atoms with Crippen LogP contribution in [0.4, 0.5) is 11.4 Å². The van der Waals surface area contributed by atoms with E-state index < -0.39 is 5.97 Å². The number of carboxylic acid groups (broad SMARTS) is 1. The number of rotatable bonds is 8. The lowest BCUT2D eigenvalue weighted by Gasteiger charge is -2.30. The Labute approximate surface area is 130 Å². The Morgan fingerprint density at radius 3 is 2.95 bits per heavy atom. The molecule has 1 aromatic rings. The Morgan fingerprint density at radius 1 is 1.41 bits per heavy atom. The molecule has 0 bridgehead atoms. The second kappa shape index (κ2) is 7.68. The summed E-state index contributed by atoms with van der Waals surface area (Å²) in [6, 6.07) is 5.50. The summed E-state index contributed by atoms with van der Waals surface area (Å²) < 4.78 is 5.46. The average molecular weight is 306 g/mol. The van der Waals surface area contributed by atoms with Crippen LogP contribution in [0.2, 0.25) is 0 Å². The van der Waals surface area contributed by atoms with Crippen LogP contribution in [-0.4, -0.2) is 36.7 Å². The lowest BCUT2D eigenvalue weighted by Crippen LogP contribution is -2.39. The van der Waals surface area contributed by atoms with E-state index in [1.165, 1.54) is 0 Å². The van der Waals surface area contributed by atoms with Gasteiger partial charge in [-0.1, -0.05) is 19.8 Å². The van der Waals surface area contributed by atoms with Gasteiger partial charge >= 0.3 is 5.97 Å². The van der Waals surface area contributed by atoms with Gasteiger partial charge in [0.1, 0.15) is 5.75 Å². The number of aliphatic carboxylic acids is 1. The Balaban J connectivity index is 2.09. The van der Waals surface area contributed by atoms with E-state index in [1.54, 1.807) is 4.90 Å². The normalized spacial score (nSPS) is 13.5. The fourth-order valence-corrected chi connectivity index (χ4v) is 2.39. The summed E-state index contributed by atoms with van der Waals surface area (Å²) in [5, 5.41) is 11.7. The number of carbonyl (C=O) groups excluding carboxylic acids is 1. The quantitative estimate of drug-likeness (QED) is 0.721. The van der Waals surface area contributed by atoms with Gasteiger partial charge in [0.15, 0.2) is 6.61 Å². The number of unbranched alkanes of at least 4 members (excludes halogenated alkanes) is 2. The minimum absolute atomic E-state index is 0.0358. The Morgan fingerprint density at radius 2 is 2.23 bits per heavy atom. The number of ether oxygens (including phenoxy) is 1. The standard InChI is InChI=1S/C16H22N2O4/c1-2-3-4-9-18-13-10-12(17-8-7-16(20)21)5-6-14(13)22-11-15(18)19/h5-6,10,17H,2-4,7-9,11H2,1H3,(H,20,21). The zero-order valence-electron chi connectivity index (χ0n) is 12.8. The number of fused-ring (bicyclic) bond motifs is 1. The lowest BCUT2D eigenvalue weighted by atomic mass is 10.1. The third kappa shape index (κ3) is 4.13.